The van der Waals surface area contributed by atoms with Crippen LogP contribution in [0.5, 0.6) is 0 Å². The Morgan fingerprint density at radius 2 is 1.85 bits per heavy atom. The highest BCUT2D eigenvalue weighted by Crippen LogP contribution is 2.25. The number of aryl methyl sites for hydroxylation is 2. The Kier molecular flexibility index (Phi) is 4.89. The number of aromatic nitrogens is 1. The predicted octanol–water partition coefficient (Wildman–Crippen LogP) is 4.17. The van der Waals surface area contributed by atoms with Crippen molar-refractivity contribution >= 4 is 21.4 Å². The zero-order valence-electron chi connectivity index (χ0n) is 14.3. The first-order valence-electron chi connectivity index (χ1n) is 8.70. The number of hydrogen-bond acceptors (Lipinski definition) is 4. The first kappa shape index (κ1) is 17.4. The second-order valence-corrected chi connectivity index (χ2v) is 9.10. The van der Waals surface area contributed by atoms with E-state index in [4.69, 9.17) is 0 Å². The molecule has 26 heavy (non-hydrogen) atoms. The Balaban J connectivity index is 1.51. The maximum Gasteiger partial charge on any atom is 0.240 e. The fourth-order valence-electron chi connectivity index (χ4n) is 3.31. The summed E-state index contributed by atoms with van der Waals surface area (Å²) in [6.07, 6.45) is 7.82. The minimum Gasteiger partial charge on any atom is -0.264 e. The molecule has 134 valence electrons. The summed E-state index contributed by atoms with van der Waals surface area (Å²) in [5.74, 6) is 0. The number of thiophene rings is 1. The molecular formula is C20H20N2O2S2. The minimum atomic E-state index is -3.53. The number of benzene rings is 1. The minimum absolute atomic E-state index is 0.227. The summed E-state index contributed by atoms with van der Waals surface area (Å²) in [5, 5.41) is 4.07. The third-order valence-electron chi connectivity index (χ3n) is 4.75. The van der Waals surface area contributed by atoms with E-state index in [1.165, 1.54) is 17.5 Å². The van der Waals surface area contributed by atoms with E-state index < -0.39 is 10.0 Å². The number of hydrogen-bond donors (Lipinski definition) is 1. The molecule has 3 aromatic rings. The molecule has 6 heteroatoms. The van der Waals surface area contributed by atoms with Gasteiger partial charge in [-0.05, 0) is 83.0 Å². The number of fused-ring (bicyclic) bond motifs is 1. The molecule has 0 spiro atoms. The van der Waals surface area contributed by atoms with Crippen LogP contribution in [0.25, 0.3) is 11.1 Å². The normalized spacial score (nSPS) is 14.2. The van der Waals surface area contributed by atoms with Gasteiger partial charge in [-0.15, -0.1) is 0 Å². The molecule has 0 unspecified atom stereocenters. The maximum absolute atomic E-state index is 12.7. The number of nitrogens with zero attached hydrogens (tertiary/aromatic N) is 1. The molecule has 0 fully saturated rings. The van der Waals surface area contributed by atoms with Gasteiger partial charge < -0.3 is 0 Å². The Hall–Kier alpha value is -2.02. The summed E-state index contributed by atoms with van der Waals surface area (Å²) in [6, 6.07) is 9.51. The van der Waals surface area contributed by atoms with Crippen molar-refractivity contribution in [3.8, 4) is 11.1 Å². The Labute approximate surface area is 158 Å². The highest BCUT2D eigenvalue weighted by molar-refractivity contribution is 7.89. The van der Waals surface area contributed by atoms with Crippen LogP contribution in [0.4, 0.5) is 0 Å². The lowest BCUT2D eigenvalue weighted by Crippen LogP contribution is -2.23. The van der Waals surface area contributed by atoms with Crippen LogP contribution in [0.2, 0.25) is 0 Å². The standard InChI is InChI=1S/C20H20N2O2S2/c23-26(24,20-6-5-16-3-1-2-4-17(16)10-20)22-12-15-9-19(13-21-11-15)18-7-8-25-14-18/h5-11,13-14,22H,1-4,12H2. The predicted molar refractivity (Wildman–Crippen MR) is 105 cm³/mol. The van der Waals surface area contributed by atoms with Crippen LogP contribution in [0.15, 0.2) is 58.4 Å². The fourth-order valence-corrected chi connectivity index (χ4v) is 5.04. The van der Waals surface area contributed by atoms with Gasteiger partial charge in [-0.1, -0.05) is 6.07 Å². The van der Waals surface area contributed by atoms with Gasteiger partial charge in [-0.25, -0.2) is 13.1 Å². The average molecular weight is 385 g/mol. The number of sulfonamides is 1. The van der Waals surface area contributed by atoms with E-state index >= 15 is 0 Å². The van der Waals surface area contributed by atoms with E-state index in [-0.39, 0.29) is 6.54 Å². The lowest BCUT2D eigenvalue weighted by Gasteiger charge is -2.16. The van der Waals surface area contributed by atoms with Gasteiger partial charge in [0.2, 0.25) is 10.0 Å². The Morgan fingerprint density at radius 3 is 2.65 bits per heavy atom. The first-order valence-corrected chi connectivity index (χ1v) is 11.1. The van der Waals surface area contributed by atoms with Crippen LogP contribution in [0.3, 0.4) is 0 Å². The SMILES string of the molecule is O=S(=O)(NCc1cncc(-c2ccsc2)c1)c1ccc2c(c1)CCCC2. The summed E-state index contributed by atoms with van der Waals surface area (Å²) < 4.78 is 28.1. The van der Waals surface area contributed by atoms with Gasteiger partial charge >= 0.3 is 0 Å². The van der Waals surface area contributed by atoms with Crippen LogP contribution >= 0.6 is 11.3 Å². The topological polar surface area (TPSA) is 59.1 Å². The zero-order chi connectivity index (χ0) is 18.0. The van der Waals surface area contributed by atoms with Crippen LogP contribution in [0, 0.1) is 0 Å². The molecule has 4 nitrogen and oxygen atoms in total. The molecule has 0 amide bonds. The molecule has 0 radical (unpaired) electrons. The molecule has 2 aromatic heterocycles. The zero-order valence-corrected chi connectivity index (χ0v) is 15.9. The van der Waals surface area contributed by atoms with Crippen molar-refractivity contribution in [2.45, 2.75) is 37.1 Å². The smallest absolute Gasteiger partial charge is 0.240 e. The second-order valence-electron chi connectivity index (χ2n) is 6.56. The molecule has 4 rings (SSSR count). The maximum atomic E-state index is 12.7. The summed E-state index contributed by atoms with van der Waals surface area (Å²) >= 11 is 1.63. The van der Waals surface area contributed by atoms with Crippen molar-refractivity contribution in [1.82, 2.24) is 9.71 Å². The van der Waals surface area contributed by atoms with Crippen LogP contribution < -0.4 is 4.72 Å². The Morgan fingerprint density at radius 1 is 1.00 bits per heavy atom. The molecule has 0 saturated heterocycles. The molecule has 0 bridgehead atoms. The summed E-state index contributed by atoms with van der Waals surface area (Å²) in [5.41, 5.74) is 5.39. The van der Waals surface area contributed by atoms with Gasteiger partial charge in [0.05, 0.1) is 4.90 Å². The molecule has 1 N–H and O–H groups in total. The molecule has 2 heterocycles. The van der Waals surface area contributed by atoms with Crippen molar-refractivity contribution in [3.05, 3.63) is 70.2 Å². The van der Waals surface area contributed by atoms with Gasteiger partial charge in [0.25, 0.3) is 0 Å². The summed E-state index contributed by atoms with van der Waals surface area (Å²) in [4.78, 5) is 4.59. The highest BCUT2D eigenvalue weighted by Gasteiger charge is 2.17. The fraction of sp³-hybridized carbons (Fsp3) is 0.250. The van der Waals surface area contributed by atoms with Crippen molar-refractivity contribution in [2.24, 2.45) is 0 Å². The number of rotatable bonds is 5. The van der Waals surface area contributed by atoms with Gasteiger partial charge in [0.1, 0.15) is 0 Å². The molecule has 1 aliphatic carbocycles. The van der Waals surface area contributed by atoms with Gasteiger partial charge in [-0.3, -0.25) is 4.98 Å². The van der Waals surface area contributed by atoms with Crippen molar-refractivity contribution in [3.63, 3.8) is 0 Å². The van der Waals surface area contributed by atoms with Gasteiger partial charge in [0.15, 0.2) is 0 Å². The number of pyridine rings is 1. The monoisotopic (exact) mass is 384 g/mol. The third-order valence-corrected chi connectivity index (χ3v) is 6.83. The van der Waals surface area contributed by atoms with E-state index in [0.717, 1.165) is 36.0 Å². The van der Waals surface area contributed by atoms with Crippen LogP contribution in [-0.4, -0.2) is 13.4 Å². The average Bonchev–Trinajstić information content (AvgIpc) is 3.21. The van der Waals surface area contributed by atoms with E-state index in [1.54, 1.807) is 29.8 Å². The van der Waals surface area contributed by atoms with Crippen LogP contribution in [-0.2, 0) is 29.4 Å². The van der Waals surface area contributed by atoms with Gasteiger partial charge in [0, 0.05) is 24.5 Å². The van der Waals surface area contributed by atoms with Crippen molar-refractivity contribution in [1.29, 1.82) is 0 Å². The van der Waals surface area contributed by atoms with E-state index in [0.29, 0.717) is 4.90 Å². The quantitative estimate of drug-likeness (QED) is 0.718. The summed E-state index contributed by atoms with van der Waals surface area (Å²) in [7, 11) is -3.53. The lowest BCUT2D eigenvalue weighted by molar-refractivity contribution is 0.580. The van der Waals surface area contributed by atoms with Crippen LogP contribution in [0.1, 0.15) is 29.5 Å². The second kappa shape index (κ2) is 7.31. The van der Waals surface area contributed by atoms with Crippen molar-refractivity contribution < 1.29 is 8.42 Å². The molecule has 0 aliphatic heterocycles. The Bertz CT molecular complexity index is 1010. The third kappa shape index (κ3) is 3.72. The lowest BCUT2D eigenvalue weighted by atomic mass is 9.92. The number of nitrogens with one attached hydrogen (secondary N) is 1. The molecule has 0 atom stereocenters. The van der Waals surface area contributed by atoms with Crippen molar-refractivity contribution in [2.75, 3.05) is 0 Å². The van der Waals surface area contributed by atoms with E-state index in [9.17, 15) is 8.42 Å². The first-order chi connectivity index (χ1) is 12.6. The van der Waals surface area contributed by atoms with E-state index in [2.05, 4.69) is 15.1 Å². The molecular weight excluding hydrogens is 364 g/mol. The van der Waals surface area contributed by atoms with Gasteiger partial charge in [-0.2, -0.15) is 11.3 Å². The van der Waals surface area contributed by atoms with E-state index in [1.807, 2.05) is 29.6 Å². The summed E-state index contributed by atoms with van der Waals surface area (Å²) in [6.45, 7) is 0.227. The largest absolute Gasteiger partial charge is 0.264 e. The molecule has 0 saturated carbocycles. The molecule has 1 aliphatic rings. The molecule has 1 aromatic carbocycles. The highest BCUT2D eigenvalue weighted by atomic mass is 32.2.